The van der Waals surface area contributed by atoms with E-state index in [9.17, 15) is 22.9 Å². The lowest BCUT2D eigenvalue weighted by Gasteiger charge is -2.08. The molecule has 0 spiro atoms. The highest BCUT2D eigenvalue weighted by Gasteiger charge is 2.19. The minimum Gasteiger partial charge on any atom is -0.264 e. The van der Waals surface area contributed by atoms with Gasteiger partial charge < -0.3 is 0 Å². The average Bonchev–Trinajstić information content (AvgIpc) is 3.01. The summed E-state index contributed by atoms with van der Waals surface area (Å²) < 4.78 is 42.4. The molecule has 0 radical (unpaired) electrons. The maximum absolute atomic E-state index is 13.8. The summed E-state index contributed by atoms with van der Waals surface area (Å²) in [5.41, 5.74) is 1.01. The molecule has 2 aromatic carbocycles. The summed E-state index contributed by atoms with van der Waals surface area (Å²) in [5.74, 6) is -0.727. The van der Waals surface area contributed by atoms with E-state index in [0.717, 1.165) is 0 Å². The molecule has 0 bridgehead atoms. The van der Waals surface area contributed by atoms with E-state index >= 15 is 0 Å². The topological polar surface area (TPSA) is 120 Å². The Morgan fingerprint density at radius 3 is 2.48 bits per heavy atom. The first-order valence-corrected chi connectivity index (χ1v) is 10.3. The van der Waals surface area contributed by atoms with Crippen molar-refractivity contribution < 1.29 is 17.7 Å². The minimum atomic E-state index is -3.83. The standard InChI is InChI=1S/C18H18FN5O4S/c1-13-18(20-22-23(13)12-15-7-2-4-8-16(15)19)21-29(27,28)11-10-14-6-3-5-9-17(14)24(25)26/h2-9,21H,10-12H2,1H3. The molecule has 0 amide bonds. The second kappa shape index (κ2) is 8.35. The van der Waals surface area contributed by atoms with Crippen molar-refractivity contribution in [2.75, 3.05) is 10.5 Å². The third kappa shape index (κ3) is 4.93. The Hall–Kier alpha value is -3.34. The van der Waals surface area contributed by atoms with Crippen LogP contribution in [-0.4, -0.2) is 34.1 Å². The van der Waals surface area contributed by atoms with Gasteiger partial charge in [0.05, 0.1) is 22.9 Å². The molecule has 1 N–H and O–H groups in total. The van der Waals surface area contributed by atoms with E-state index < -0.39 is 20.8 Å². The van der Waals surface area contributed by atoms with Crippen molar-refractivity contribution in [3.05, 3.63) is 81.3 Å². The lowest BCUT2D eigenvalue weighted by molar-refractivity contribution is -0.385. The molecule has 0 fully saturated rings. The van der Waals surface area contributed by atoms with Crippen LogP contribution in [0.1, 0.15) is 16.8 Å². The smallest absolute Gasteiger partial charge is 0.264 e. The molecule has 152 valence electrons. The molecule has 29 heavy (non-hydrogen) atoms. The summed E-state index contributed by atoms with van der Waals surface area (Å²) in [5, 5.41) is 18.7. The van der Waals surface area contributed by atoms with Gasteiger partial charge in [-0.05, 0) is 19.4 Å². The highest BCUT2D eigenvalue weighted by molar-refractivity contribution is 7.92. The molecule has 0 atom stereocenters. The fourth-order valence-corrected chi connectivity index (χ4v) is 3.81. The summed E-state index contributed by atoms with van der Waals surface area (Å²) in [6, 6.07) is 12.2. The lowest BCUT2D eigenvalue weighted by atomic mass is 10.1. The van der Waals surface area contributed by atoms with Gasteiger partial charge in [0, 0.05) is 17.2 Å². The van der Waals surface area contributed by atoms with Crippen LogP contribution in [0.15, 0.2) is 48.5 Å². The van der Waals surface area contributed by atoms with Crippen LogP contribution in [0.25, 0.3) is 0 Å². The Labute approximate surface area is 166 Å². The Morgan fingerprint density at radius 2 is 1.79 bits per heavy atom. The summed E-state index contributed by atoms with van der Waals surface area (Å²) in [6.07, 6.45) is -0.0328. The van der Waals surface area contributed by atoms with Crippen LogP contribution in [-0.2, 0) is 23.0 Å². The third-order valence-electron chi connectivity index (χ3n) is 4.34. The van der Waals surface area contributed by atoms with Crippen LogP contribution < -0.4 is 4.72 Å². The Bertz CT molecular complexity index is 1150. The summed E-state index contributed by atoms with van der Waals surface area (Å²) in [7, 11) is -3.83. The predicted molar refractivity (Wildman–Crippen MR) is 104 cm³/mol. The number of hydrogen-bond donors (Lipinski definition) is 1. The summed E-state index contributed by atoms with van der Waals surface area (Å²) in [4.78, 5) is 10.5. The van der Waals surface area contributed by atoms with Crippen LogP contribution in [0.3, 0.4) is 0 Å². The van der Waals surface area contributed by atoms with Crippen molar-refractivity contribution >= 4 is 21.5 Å². The van der Waals surface area contributed by atoms with Crippen LogP contribution in [0, 0.1) is 22.9 Å². The number of hydrogen-bond acceptors (Lipinski definition) is 6. The van der Waals surface area contributed by atoms with Crippen LogP contribution in [0.2, 0.25) is 0 Å². The molecule has 0 saturated carbocycles. The number of nitrogens with zero attached hydrogens (tertiary/aromatic N) is 4. The highest BCUT2D eigenvalue weighted by atomic mass is 32.2. The van der Waals surface area contributed by atoms with Gasteiger partial charge >= 0.3 is 0 Å². The maximum atomic E-state index is 13.8. The summed E-state index contributed by atoms with van der Waals surface area (Å²) in [6.45, 7) is 1.71. The number of nitro benzene ring substituents is 1. The van der Waals surface area contributed by atoms with Gasteiger partial charge in [-0.3, -0.25) is 14.8 Å². The third-order valence-corrected chi connectivity index (χ3v) is 5.59. The van der Waals surface area contributed by atoms with Crippen molar-refractivity contribution in [3.8, 4) is 0 Å². The van der Waals surface area contributed by atoms with E-state index in [0.29, 0.717) is 16.8 Å². The number of nitrogens with one attached hydrogen (secondary N) is 1. The fourth-order valence-electron chi connectivity index (χ4n) is 2.74. The molecular weight excluding hydrogens is 401 g/mol. The second-order valence-corrected chi connectivity index (χ2v) is 8.17. The molecule has 0 saturated heterocycles. The number of anilines is 1. The molecule has 0 unspecified atom stereocenters. The fraction of sp³-hybridized carbons (Fsp3) is 0.222. The van der Waals surface area contributed by atoms with Crippen LogP contribution >= 0.6 is 0 Å². The van der Waals surface area contributed by atoms with Crippen LogP contribution in [0.4, 0.5) is 15.9 Å². The zero-order chi connectivity index (χ0) is 21.0. The Balaban J connectivity index is 1.71. The number of halogens is 1. The van der Waals surface area contributed by atoms with Crippen molar-refractivity contribution in [2.24, 2.45) is 0 Å². The Morgan fingerprint density at radius 1 is 1.14 bits per heavy atom. The van der Waals surface area contributed by atoms with Crippen molar-refractivity contribution in [2.45, 2.75) is 19.9 Å². The van der Waals surface area contributed by atoms with Gasteiger partial charge in [-0.2, -0.15) is 0 Å². The predicted octanol–water partition coefficient (Wildman–Crippen LogP) is 2.67. The quantitative estimate of drug-likeness (QED) is 0.443. The van der Waals surface area contributed by atoms with E-state index in [1.165, 1.54) is 28.9 Å². The number of para-hydroxylation sites is 1. The molecule has 0 aliphatic rings. The maximum Gasteiger partial charge on any atom is 0.272 e. The number of benzene rings is 2. The Kier molecular flexibility index (Phi) is 5.87. The SMILES string of the molecule is Cc1c(NS(=O)(=O)CCc2ccccc2[N+](=O)[O-])nnn1Cc1ccccc1F. The largest absolute Gasteiger partial charge is 0.272 e. The highest BCUT2D eigenvalue weighted by Crippen LogP contribution is 2.20. The van der Waals surface area contributed by atoms with Gasteiger partial charge in [0.15, 0.2) is 5.82 Å². The first-order chi connectivity index (χ1) is 13.8. The normalized spacial score (nSPS) is 11.4. The van der Waals surface area contributed by atoms with E-state index in [-0.39, 0.29) is 30.2 Å². The molecular formula is C18H18FN5O4S. The van der Waals surface area contributed by atoms with Gasteiger partial charge in [0.25, 0.3) is 5.69 Å². The number of aromatic nitrogens is 3. The average molecular weight is 419 g/mol. The van der Waals surface area contributed by atoms with Crippen molar-refractivity contribution in [3.63, 3.8) is 0 Å². The van der Waals surface area contributed by atoms with Gasteiger partial charge in [-0.15, -0.1) is 5.10 Å². The molecule has 3 rings (SSSR count). The van der Waals surface area contributed by atoms with Crippen molar-refractivity contribution in [1.82, 2.24) is 15.0 Å². The van der Waals surface area contributed by atoms with Gasteiger partial charge in [0.1, 0.15) is 5.82 Å². The summed E-state index contributed by atoms with van der Waals surface area (Å²) >= 11 is 0. The van der Waals surface area contributed by atoms with E-state index in [4.69, 9.17) is 0 Å². The molecule has 3 aromatic rings. The lowest BCUT2D eigenvalue weighted by Crippen LogP contribution is -2.19. The van der Waals surface area contributed by atoms with Gasteiger partial charge in [0.2, 0.25) is 10.0 Å². The molecule has 0 aliphatic heterocycles. The van der Waals surface area contributed by atoms with Gasteiger partial charge in [-0.1, -0.05) is 41.6 Å². The first-order valence-electron chi connectivity index (χ1n) is 8.63. The number of rotatable bonds is 8. The minimum absolute atomic E-state index is 0.0314. The number of sulfonamides is 1. The second-order valence-electron chi connectivity index (χ2n) is 6.33. The van der Waals surface area contributed by atoms with Crippen molar-refractivity contribution in [1.29, 1.82) is 0 Å². The van der Waals surface area contributed by atoms with E-state index in [2.05, 4.69) is 15.0 Å². The molecule has 1 aromatic heterocycles. The molecule has 0 aliphatic carbocycles. The molecule has 1 heterocycles. The number of aryl methyl sites for hydroxylation is 1. The zero-order valence-electron chi connectivity index (χ0n) is 15.4. The molecule has 9 nitrogen and oxygen atoms in total. The monoisotopic (exact) mass is 419 g/mol. The van der Waals surface area contributed by atoms with Gasteiger partial charge in [-0.25, -0.2) is 17.5 Å². The molecule has 11 heteroatoms. The van der Waals surface area contributed by atoms with E-state index in [1.54, 1.807) is 31.2 Å². The first kappa shape index (κ1) is 20.4. The van der Waals surface area contributed by atoms with E-state index in [1.807, 2.05) is 0 Å². The zero-order valence-corrected chi connectivity index (χ0v) is 16.3. The number of nitro groups is 1. The van der Waals surface area contributed by atoms with Crippen LogP contribution in [0.5, 0.6) is 0 Å².